The minimum Gasteiger partial charge on any atom is -0.329 e. The van der Waals surface area contributed by atoms with Gasteiger partial charge < -0.3 is 11.5 Å². The van der Waals surface area contributed by atoms with Crippen molar-refractivity contribution in [1.29, 1.82) is 0 Å². The van der Waals surface area contributed by atoms with Crippen molar-refractivity contribution < 1.29 is 4.39 Å². The van der Waals surface area contributed by atoms with E-state index in [9.17, 15) is 4.39 Å². The lowest BCUT2D eigenvalue weighted by atomic mass is 10.1. The van der Waals surface area contributed by atoms with Crippen LogP contribution in [-0.2, 0) is 0 Å². The summed E-state index contributed by atoms with van der Waals surface area (Å²) >= 11 is 1.93. The van der Waals surface area contributed by atoms with Gasteiger partial charge in [-0.15, -0.1) is 0 Å². The minimum absolute atomic E-state index is 0.239. The second kappa shape index (κ2) is 4.15. The maximum absolute atomic E-state index is 13.0. The number of halogens is 2. The third-order valence-corrected chi connectivity index (χ3v) is 2.50. The fourth-order valence-electron chi connectivity index (χ4n) is 0.879. The van der Waals surface area contributed by atoms with Crippen molar-refractivity contribution in [2.24, 2.45) is 11.5 Å². The fraction of sp³-hybridized carbons (Fsp3) is 0.250. The molecule has 0 unspecified atom stereocenters. The zero-order valence-electron chi connectivity index (χ0n) is 6.43. The second-order valence-electron chi connectivity index (χ2n) is 2.52. The Bertz CT molecular complexity index is 278. The van der Waals surface area contributed by atoms with Crippen molar-refractivity contribution in [1.82, 2.24) is 0 Å². The molecule has 0 amide bonds. The van der Waals surface area contributed by atoms with E-state index in [0.717, 1.165) is 5.56 Å². The minimum atomic E-state index is -0.267. The summed E-state index contributed by atoms with van der Waals surface area (Å²) in [6.45, 7) is 0.333. The Morgan fingerprint density at radius 1 is 1.50 bits per heavy atom. The van der Waals surface area contributed by atoms with E-state index in [0.29, 0.717) is 10.1 Å². The van der Waals surface area contributed by atoms with E-state index in [4.69, 9.17) is 11.5 Å². The normalized spacial score (nSPS) is 13.0. The van der Waals surface area contributed by atoms with Crippen LogP contribution < -0.4 is 11.5 Å². The topological polar surface area (TPSA) is 52.0 Å². The Labute approximate surface area is 84.3 Å². The van der Waals surface area contributed by atoms with Crippen LogP contribution in [0.1, 0.15) is 11.6 Å². The van der Waals surface area contributed by atoms with Gasteiger partial charge in [-0.3, -0.25) is 0 Å². The molecule has 1 aromatic carbocycles. The summed E-state index contributed by atoms with van der Waals surface area (Å²) in [5, 5.41) is 0. The number of hydrogen-bond acceptors (Lipinski definition) is 2. The fourth-order valence-corrected chi connectivity index (χ4v) is 1.21. The second-order valence-corrected chi connectivity index (χ2v) is 3.68. The Balaban J connectivity index is 2.96. The molecule has 0 spiro atoms. The monoisotopic (exact) mass is 280 g/mol. The molecule has 0 aliphatic carbocycles. The van der Waals surface area contributed by atoms with Gasteiger partial charge in [-0.25, -0.2) is 4.39 Å². The maximum Gasteiger partial charge on any atom is 0.136 e. The Morgan fingerprint density at radius 2 is 2.17 bits per heavy atom. The molecule has 0 fully saturated rings. The van der Waals surface area contributed by atoms with Gasteiger partial charge in [0.25, 0.3) is 0 Å². The molecule has 0 aliphatic heterocycles. The number of benzene rings is 1. The Hall–Kier alpha value is -0.200. The van der Waals surface area contributed by atoms with Gasteiger partial charge in [0.15, 0.2) is 0 Å². The summed E-state index contributed by atoms with van der Waals surface area (Å²) in [5.41, 5.74) is 11.7. The van der Waals surface area contributed by atoms with Crippen LogP contribution >= 0.6 is 22.6 Å². The van der Waals surface area contributed by atoms with Crippen LogP contribution in [0.3, 0.4) is 0 Å². The first-order chi connectivity index (χ1) is 5.65. The highest BCUT2D eigenvalue weighted by atomic mass is 127. The van der Waals surface area contributed by atoms with Crippen molar-refractivity contribution in [2.45, 2.75) is 6.04 Å². The predicted molar refractivity (Wildman–Crippen MR) is 55.1 cm³/mol. The number of rotatable bonds is 2. The smallest absolute Gasteiger partial charge is 0.136 e. The Kier molecular flexibility index (Phi) is 3.42. The molecule has 12 heavy (non-hydrogen) atoms. The molecule has 0 heterocycles. The van der Waals surface area contributed by atoms with Gasteiger partial charge in [-0.2, -0.15) is 0 Å². The molecular weight excluding hydrogens is 270 g/mol. The standard InChI is InChI=1S/C8H10FIN2/c9-6-3-5(8(12)4-11)1-2-7(6)10/h1-3,8H,4,11-12H2/t8-/m0/s1. The maximum atomic E-state index is 13.0. The molecule has 66 valence electrons. The van der Waals surface area contributed by atoms with E-state index in [1.54, 1.807) is 12.1 Å². The lowest BCUT2D eigenvalue weighted by Gasteiger charge is -2.08. The van der Waals surface area contributed by atoms with Crippen molar-refractivity contribution in [2.75, 3.05) is 6.54 Å². The largest absolute Gasteiger partial charge is 0.329 e. The summed E-state index contributed by atoms with van der Waals surface area (Å²) in [4.78, 5) is 0. The first-order valence-corrected chi connectivity index (χ1v) is 4.63. The highest BCUT2D eigenvalue weighted by Gasteiger charge is 2.05. The average Bonchev–Trinajstić information content (AvgIpc) is 2.08. The molecule has 0 aliphatic rings. The van der Waals surface area contributed by atoms with Crippen molar-refractivity contribution in [3.05, 3.63) is 33.1 Å². The van der Waals surface area contributed by atoms with E-state index in [2.05, 4.69) is 0 Å². The third kappa shape index (κ3) is 2.15. The van der Waals surface area contributed by atoms with E-state index in [-0.39, 0.29) is 11.9 Å². The molecule has 1 rings (SSSR count). The van der Waals surface area contributed by atoms with Crippen molar-refractivity contribution in [3.63, 3.8) is 0 Å². The van der Waals surface area contributed by atoms with E-state index in [1.807, 2.05) is 22.6 Å². The molecule has 1 aromatic rings. The quantitative estimate of drug-likeness (QED) is 0.804. The highest BCUT2D eigenvalue weighted by Crippen LogP contribution is 2.15. The van der Waals surface area contributed by atoms with Crippen molar-refractivity contribution >= 4 is 22.6 Å². The van der Waals surface area contributed by atoms with E-state index >= 15 is 0 Å². The van der Waals surface area contributed by atoms with Gasteiger partial charge in [0.1, 0.15) is 5.82 Å². The summed E-state index contributed by atoms with van der Waals surface area (Å²) in [6, 6.07) is 4.65. The zero-order valence-corrected chi connectivity index (χ0v) is 8.58. The summed E-state index contributed by atoms with van der Waals surface area (Å²) in [7, 11) is 0. The highest BCUT2D eigenvalue weighted by molar-refractivity contribution is 14.1. The van der Waals surface area contributed by atoms with Gasteiger partial charge in [-0.05, 0) is 40.3 Å². The lowest BCUT2D eigenvalue weighted by Crippen LogP contribution is -2.20. The van der Waals surface area contributed by atoms with E-state index in [1.165, 1.54) is 6.07 Å². The molecule has 0 saturated carbocycles. The van der Waals surface area contributed by atoms with Gasteiger partial charge >= 0.3 is 0 Å². The van der Waals surface area contributed by atoms with Crippen LogP contribution in [0, 0.1) is 9.39 Å². The summed E-state index contributed by atoms with van der Waals surface area (Å²) < 4.78 is 13.6. The first kappa shape index (κ1) is 9.88. The van der Waals surface area contributed by atoms with Gasteiger partial charge in [0.2, 0.25) is 0 Å². The summed E-state index contributed by atoms with van der Waals surface area (Å²) in [6.07, 6.45) is 0. The van der Waals surface area contributed by atoms with Crippen LogP contribution in [0.15, 0.2) is 18.2 Å². The zero-order chi connectivity index (χ0) is 9.14. The van der Waals surface area contributed by atoms with Crippen LogP contribution in [0.25, 0.3) is 0 Å². The molecule has 1 atom stereocenters. The lowest BCUT2D eigenvalue weighted by molar-refractivity contribution is 0.612. The Morgan fingerprint density at radius 3 is 2.67 bits per heavy atom. The molecule has 0 radical (unpaired) electrons. The molecule has 4 N–H and O–H groups in total. The van der Waals surface area contributed by atoms with Crippen molar-refractivity contribution in [3.8, 4) is 0 Å². The molecule has 2 nitrogen and oxygen atoms in total. The van der Waals surface area contributed by atoms with E-state index < -0.39 is 0 Å². The van der Waals surface area contributed by atoms with Crippen LogP contribution in [0.4, 0.5) is 4.39 Å². The van der Waals surface area contributed by atoms with Crippen LogP contribution in [0.5, 0.6) is 0 Å². The number of nitrogens with two attached hydrogens (primary N) is 2. The predicted octanol–water partition coefficient (Wildman–Crippen LogP) is 1.39. The van der Waals surface area contributed by atoms with Gasteiger partial charge in [0, 0.05) is 16.2 Å². The molecule has 0 saturated heterocycles. The average molecular weight is 280 g/mol. The van der Waals surface area contributed by atoms with Gasteiger partial charge in [0.05, 0.1) is 0 Å². The molecule has 0 bridgehead atoms. The first-order valence-electron chi connectivity index (χ1n) is 3.55. The summed E-state index contributed by atoms with van der Waals surface area (Å²) in [5.74, 6) is -0.239. The number of hydrogen-bond donors (Lipinski definition) is 2. The molecular formula is C8H10FIN2. The van der Waals surface area contributed by atoms with Gasteiger partial charge in [-0.1, -0.05) is 6.07 Å². The van der Waals surface area contributed by atoms with Crippen LogP contribution in [-0.4, -0.2) is 6.54 Å². The van der Waals surface area contributed by atoms with Crippen LogP contribution in [0.2, 0.25) is 0 Å². The molecule has 4 heteroatoms. The SMILES string of the molecule is NC[C@H](N)c1ccc(I)c(F)c1. The molecule has 0 aromatic heterocycles. The third-order valence-electron chi connectivity index (χ3n) is 1.63.